The lowest BCUT2D eigenvalue weighted by Gasteiger charge is -2.06. The first kappa shape index (κ1) is 14.6. The summed E-state index contributed by atoms with van der Waals surface area (Å²) in [7, 11) is 0. The standard InChI is InChI=1S/C16H15FN4S/c1-11-4-2-3-5-14(11)15-19-20-16(21(15)18)22-10-12-6-8-13(17)9-7-12/h2-9H,10,18H2,1H3. The number of nitrogens with two attached hydrogens (primary N) is 1. The Morgan fingerprint density at radius 2 is 1.82 bits per heavy atom. The molecule has 0 atom stereocenters. The fourth-order valence-corrected chi connectivity index (χ4v) is 2.92. The van der Waals surface area contributed by atoms with E-state index >= 15 is 0 Å². The number of nitrogens with zero attached hydrogens (tertiary/aromatic N) is 3. The average molecular weight is 314 g/mol. The first-order valence-corrected chi connectivity index (χ1v) is 7.77. The summed E-state index contributed by atoms with van der Waals surface area (Å²) in [5, 5.41) is 8.95. The normalized spacial score (nSPS) is 10.8. The van der Waals surface area contributed by atoms with Crippen LogP contribution in [-0.2, 0) is 5.75 Å². The third kappa shape index (κ3) is 2.96. The Morgan fingerprint density at radius 3 is 2.55 bits per heavy atom. The molecule has 6 heteroatoms. The lowest BCUT2D eigenvalue weighted by Crippen LogP contribution is -2.12. The molecule has 0 aliphatic rings. The van der Waals surface area contributed by atoms with Gasteiger partial charge in [-0.25, -0.2) is 9.07 Å². The van der Waals surface area contributed by atoms with Crippen LogP contribution in [-0.4, -0.2) is 14.9 Å². The number of aryl methyl sites for hydroxylation is 1. The van der Waals surface area contributed by atoms with E-state index in [9.17, 15) is 4.39 Å². The van der Waals surface area contributed by atoms with Crippen LogP contribution in [0.3, 0.4) is 0 Å². The summed E-state index contributed by atoms with van der Waals surface area (Å²) in [4.78, 5) is 0. The fourth-order valence-electron chi connectivity index (χ4n) is 2.11. The van der Waals surface area contributed by atoms with Crippen molar-refractivity contribution in [2.75, 3.05) is 5.84 Å². The molecule has 0 spiro atoms. The molecule has 3 aromatic rings. The van der Waals surface area contributed by atoms with E-state index in [1.165, 1.54) is 28.6 Å². The predicted octanol–water partition coefficient (Wildman–Crippen LogP) is 3.40. The highest BCUT2D eigenvalue weighted by atomic mass is 32.2. The van der Waals surface area contributed by atoms with E-state index in [-0.39, 0.29) is 5.82 Å². The molecule has 0 saturated carbocycles. The van der Waals surface area contributed by atoms with Crippen molar-refractivity contribution < 1.29 is 4.39 Å². The predicted molar refractivity (Wildman–Crippen MR) is 86.3 cm³/mol. The van der Waals surface area contributed by atoms with Crippen molar-refractivity contribution in [1.29, 1.82) is 0 Å². The second-order valence-corrected chi connectivity index (χ2v) is 5.85. The van der Waals surface area contributed by atoms with Gasteiger partial charge in [-0.2, -0.15) is 0 Å². The molecule has 0 unspecified atom stereocenters. The molecule has 4 nitrogen and oxygen atoms in total. The van der Waals surface area contributed by atoms with Crippen LogP contribution in [0.4, 0.5) is 4.39 Å². The molecule has 0 bridgehead atoms. The summed E-state index contributed by atoms with van der Waals surface area (Å²) < 4.78 is 14.4. The molecule has 0 fully saturated rings. The molecule has 1 aromatic heterocycles. The molecule has 1 heterocycles. The highest BCUT2D eigenvalue weighted by Crippen LogP contribution is 2.26. The van der Waals surface area contributed by atoms with Crippen LogP contribution in [0.25, 0.3) is 11.4 Å². The van der Waals surface area contributed by atoms with E-state index in [2.05, 4.69) is 10.2 Å². The Labute approximate surface area is 132 Å². The average Bonchev–Trinajstić information content (AvgIpc) is 2.88. The molecule has 22 heavy (non-hydrogen) atoms. The molecule has 0 saturated heterocycles. The lowest BCUT2D eigenvalue weighted by molar-refractivity contribution is 0.627. The van der Waals surface area contributed by atoms with Gasteiger partial charge in [0.15, 0.2) is 5.82 Å². The van der Waals surface area contributed by atoms with Gasteiger partial charge in [0, 0.05) is 11.3 Å². The van der Waals surface area contributed by atoms with E-state index in [4.69, 9.17) is 5.84 Å². The number of hydrogen-bond donors (Lipinski definition) is 1. The minimum absolute atomic E-state index is 0.238. The smallest absolute Gasteiger partial charge is 0.210 e. The third-order valence-corrected chi connectivity index (χ3v) is 4.35. The van der Waals surface area contributed by atoms with Crippen molar-refractivity contribution in [2.24, 2.45) is 0 Å². The zero-order valence-electron chi connectivity index (χ0n) is 12.0. The summed E-state index contributed by atoms with van der Waals surface area (Å²) in [5.74, 6) is 7.16. The van der Waals surface area contributed by atoms with Crippen molar-refractivity contribution in [1.82, 2.24) is 14.9 Å². The molecular formula is C16H15FN4S. The largest absolute Gasteiger partial charge is 0.335 e. The van der Waals surface area contributed by atoms with E-state index in [1.807, 2.05) is 31.2 Å². The van der Waals surface area contributed by atoms with Crippen LogP contribution >= 0.6 is 11.8 Å². The van der Waals surface area contributed by atoms with Crippen molar-refractivity contribution in [3.63, 3.8) is 0 Å². The van der Waals surface area contributed by atoms with Gasteiger partial charge in [0.2, 0.25) is 5.16 Å². The summed E-state index contributed by atoms with van der Waals surface area (Å²) >= 11 is 1.47. The molecule has 2 N–H and O–H groups in total. The fraction of sp³-hybridized carbons (Fsp3) is 0.125. The molecule has 2 aromatic carbocycles. The third-order valence-electron chi connectivity index (χ3n) is 3.33. The Hall–Kier alpha value is -2.34. The number of benzene rings is 2. The summed E-state index contributed by atoms with van der Waals surface area (Å²) in [6, 6.07) is 14.3. The van der Waals surface area contributed by atoms with Crippen LogP contribution in [0.5, 0.6) is 0 Å². The number of hydrogen-bond acceptors (Lipinski definition) is 4. The maximum atomic E-state index is 12.9. The molecule has 0 radical (unpaired) electrons. The monoisotopic (exact) mass is 314 g/mol. The Morgan fingerprint density at radius 1 is 1.09 bits per heavy atom. The van der Waals surface area contributed by atoms with Crippen LogP contribution in [0.1, 0.15) is 11.1 Å². The molecule has 3 rings (SSSR count). The van der Waals surface area contributed by atoms with Crippen molar-refractivity contribution in [3.8, 4) is 11.4 Å². The molecular weight excluding hydrogens is 299 g/mol. The molecule has 112 valence electrons. The van der Waals surface area contributed by atoms with Gasteiger partial charge in [-0.3, -0.25) is 0 Å². The highest BCUT2D eigenvalue weighted by Gasteiger charge is 2.13. The minimum atomic E-state index is -0.238. The van der Waals surface area contributed by atoms with E-state index in [1.54, 1.807) is 12.1 Å². The van der Waals surface area contributed by atoms with Gasteiger partial charge in [0.05, 0.1) is 0 Å². The zero-order chi connectivity index (χ0) is 15.5. The summed E-state index contributed by atoms with van der Waals surface area (Å²) in [5.41, 5.74) is 3.06. The number of halogens is 1. The van der Waals surface area contributed by atoms with Crippen LogP contribution in [0.2, 0.25) is 0 Å². The lowest BCUT2D eigenvalue weighted by atomic mass is 10.1. The van der Waals surface area contributed by atoms with Gasteiger partial charge in [-0.1, -0.05) is 48.2 Å². The van der Waals surface area contributed by atoms with Gasteiger partial charge in [0.25, 0.3) is 0 Å². The van der Waals surface area contributed by atoms with Crippen molar-refractivity contribution >= 4 is 11.8 Å². The second-order valence-electron chi connectivity index (χ2n) is 4.91. The number of nitrogen functional groups attached to an aromatic ring is 1. The van der Waals surface area contributed by atoms with Crippen LogP contribution < -0.4 is 5.84 Å². The van der Waals surface area contributed by atoms with Crippen LogP contribution in [0, 0.1) is 12.7 Å². The van der Waals surface area contributed by atoms with E-state index in [0.717, 1.165) is 16.7 Å². The van der Waals surface area contributed by atoms with Crippen molar-refractivity contribution in [2.45, 2.75) is 17.8 Å². The Kier molecular flexibility index (Phi) is 4.11. The van der Waals surface area contributed by atoms with Crippen molar-refractivity contribution in [3.05, 3.63) is 65.5 Å². The van der Waals surface area contributed by atoms with Crippen LogP contribution in [0.15, 0.2) is 53.7 Å². The van der Waals surface area contributed by atoms with E-state index < -0.39 is 0 Å². The maximum absolute atomic E-state index is 12.9. The number of aromatic nitrogens is 3. The topological polar surface area (TPSA) is 56.7 Å². The number of rotatable bonds is 4. The van der Waals surface area contributed by atoms with Gasteiger partial charge >= 0.3 is 0 Å². The second kappa shape index (κ2) is 6.19. The first-order valence-electron chi connectivity index (χ1n) is 6.79. The number of thioether (sulfide) groups is 1. The minimum Gasteiger partial charge on any atom is -0.335 e. The maximum Gasteiger partial charge on any atom is 0.210 e. The SMILES string of the molecule is Cc1ccccc1-c1nnc(SCc2ccc(F)cc2)n1N. The Balaban J connectivity index is 1.79. The van der Waals surface area contributed by atoms with Gasteiger partial charge in [0.1, 0.15) is 5.82 Å². The van der Waals surface area contributed by atoms with E-state index in [0.29, 0.717) is 16.7 Å². The summed E-state index contributed by atoms with van der Waals surface area (Å²) in [6.07, 6.45) is 0. The quantitative estimate of drug-likeness (QED) is 0.592. The zero-order valence-corrected chi connectivity index (χ0v) is 12.8. The van der Waals surface area contributed by atoms with Gasteiger partial charge < -0.3 is 5.84 Å². The van der Waals surface area contributed by atoms with Gasteiger partial charge in [-0.05, 0) is 30.2 Å². The van der Waals surface area contributed by atoms with Gasteiger partial charge in [-0.15, -0.1) is 10.2 Å². The summed E-state index contributed by atoms with van der Waals surface area (Å²) in [6.45, 7) is 2.01. The molecule has 0 aliphatic heterocycles. The Bertz CT molecular complexity index is 783. The first-order chi connectivity index (χ1) is 10.6. The highest BCUT2D eigenvalue weighted by molar-refractivity contribution is 7.98. The molecule has 0 aliphatic carbocycles. The molecule has 0 amide bonds.